The van der Waals surface area contributed by atoms with Crippen molar-refractivity contribution in [3.05, 3.63) is 80.8 Å². The van der Waals surface area contributed by atoms with Crippen molar-refractivity contribution in [2.45, 2.75) is 143 Å². The average molecular weight is 1040 g/mol. The van der Waals surface area contributed by atoms with Crippen LogP contribution in [-0.2, 0) is 38.2 Å². The zero-order valence-corrected chi connectivity index (χ0v) is 47.6. The van der Waals surface area contributed by atoms with Crippen LogP contribution >= 0.6 is 22.7 Å². The summed E-state index contributed by atoms with van der Waals surface area (Å²) in [6.45, 7) is 28.7. The van der Waals surface area contributed by atoms with E-state index in [-0.39, 0.29) is 29.2 Å². The second-order valence-electron chi connectivity index (χ2n) is 21.4. The number of thiazole rings is 2. The Hall–Kier alpha value is -4.54. The number of halogens is 1. The van der Waals surface area contributed by atoms with Crippen molar-refractivity contribution in [2.24, 2.45) is 4.99 Å². The molecule has 0 radical (unpaired) electrons. The van der Waals surface area contributed by atoms with E-state index >= 15 is 4.39 Å². The Bertz CT molecular complexity index is 2600. The molecule has 5 rings (SSSR count). The van der Waals surface area contributed by atoms with E-state index in [1.807, 2.05) is 56.9 Å². The van der Waals surface area contributed by atoms with Gasteiger partial charge in [-0.05, 0) is 132 Å². The van der Waals surface area contributed by atoms with Crippen molar-refractivity contribution in [3.63, 3.8) is 0 Å². The van der Waals surface area contributed by atoms with Gasteiger partial charge in [-0.25, -0.2) is 19.0 Å². The Kier molecular flexibility index (Phi) is 19.9. The van der Waals surface area contributed by atoms with Crippen LogP contribution in [0.5, 0.6) is 5.75 Å². The van der Waals surface area contributed by atoms with Crippen LogP contribution in [-0.4, -0.2) is 106 Å². The van der Waals surface area contributed by atoms with Gasteiger partial charge in [-0.15, -0.1) is 21.5 Å². The van der Waals surface area contributed by atoms with Gasteiger partial charge in [0, 0.05) is 46.3 Å². The smallest absolute Gasteiger partial charge is 0.410 e. The number of anilines is 2. The maximum atomic E-state index is 15.2. The summed E-state index contributed by atoms with van der Waals surface area (Å²) in [5, 5.41) is 10.1. The summed E-state index contributed by atoms with van der Waals surface area (Å²) in [5.41, 5.74) is 2.33. The lowest BCUT2D eigenvalue weighted by Gasteiger charge is -2.36. The number of rotatable bonds is 24. The molecular formula is C51H76FN7O7S2Si2. The van der Waals surface area contributed by atoms with E-state index in [9.17, 15) is 9.59 Å². The molecule has 2 aromatic carbocycles. The summed E-state index contributed by atoms with van der Waals surface area (Å²) < 4.78 is 47.7. The molecule has 70 heavy (non-hydrogen) atoms. The molecule has 0 saturated heterocycles. The van der Waals surface area contributed by atoms with Crippen molar-refractivity contribution in [2.75, 3.05) is 52.0 Å². The van der Waals surface area contributed by atoms with Crippen molar-refractivity contribution >= 4 is 78.1 Å². The fraction of sp³-hybridized carbons (Fsp3) is 0.569. The number of esters is 1. The number of aromatic nitrogens is 4. The molecule has 14 nitrogen and oxygen atoms in total. The number of amides is 1. The summed E-state index contributed by atoms with van der Waals surface area (Å²) in [7, 11) is -0.155. The minimum absolute atomic E-state index is 0.102. The highest BCUT2D eigenvalue weighted by Gasteiger charge is 2.37. The van der Waals surface area contributed by atoms with Crippen LogP contribution in [0.25, 0.3) is 10.2 Å². The first kappa shape index (κ1) is 56.4. The van der Waals surface area contributed by atoms with Gasteiger partial charge in [-0.2, -0.15) is 4.99 Å². The molecule has 0 saturated carbocycles. The zero-order chi connectivity index (χ0) is 51.4. The maximum Gasteiger partial charge on any atom is 0.410 e. The third-order valence-electron chi connectivity index (χ3n) is 12.0. The maximum absolute atomic E-state index is 15.2. The molecule has 0 aliphatic carbocycles. The Morgan fingerprint density at radius 3 is 2.29 bits per heavy atom. The van der Waals surface area contributed by atoms with Crippen LogP contribution in [0.4, 0.5) is 26.0 Å². The predicted octanol–water partition coefficient (Wildman–Crippen LogP) is 12.5. The van der Waals surface area contributed by atoms with E-state index in [0.717, 1.165) is 49.9 Å². The highest BCUT2D eigenvalue weighted by molar-refractivity contribution is 7.16. The van der Waals surface area contributed by atoms with Gasteiger partial charge in [0.25, 0.3) is 0 Å². The molecule has 19 heteroatoms. The number of hydrogen-bond acceptors (Lipinski definition) is 14. The number of benzene rings is 2. The average Bonchev–Trinajstić information content (AvgIpc) is 3.85. The van der Waals surface area contributed by atoms with Gasteiger partial charge in [0.05, 0.1) is 23.9 Å². The Morgan fingerprint density at radius 2 is 1.61 bits per heavy atom. The number of carbonyl (C=O) groups is 2. The third kappa shape index (κ3) is 16.5. The topological polar surface area (TPSA) is 143 Å². The quantitative estimate of drug-likeness (QED) is 0.0331. The van der Waals surface area contributed by atoms with Crippen molar-refractivity contribution in [1.29, 1.82) is 0 Å². The highest BCUT2D eigenvalue weighted by Crippen LogP contribution is 2.37. The van der Waals surface area contributed by atoms with E-state index in [0.29, 0.717) is 75.5 Å². The molecule has 0 spiro atoms. The first-order valence-electron chi connectivity index (χ1n) is 24.3. The second-order valence-corrected chi connectivity index (χ2v) is 33.9. The van der Waals surface area contributed by atoms with Crippen LogP contribution in [0.1, 0.15) is 93.7 Å². The molecule has 0 fully saturated rings. The zero-order valence-electron chi connectivity index (χ0n) is 44.0. The molecular weight excluding hydrogens is 962 g/mol. The van der Waals surface area contributed by atoms with E-state index in [2.05, 4.69) is 75.3 Å². The van der Waals surface area contributed by atoms with Crippen LogP contribution in [0, 0.1) is 12.7 Å². The van der Waals surface area contributed by atoms with E-state index in [1.54, 1.807) is 24.5 Å². The van der Waals surface area contributed by atoms with Crippen molar-refractivity contribution in [3.8, 4) is 5.75 Å². The molecule has 0 N–H and O–H groups in total. The summed E-state index contributed by atoms with van der Waals surface area (Å²) in [4.78, 5) is 40.5. The molecule has 0 aliphatic rings. The lowest BCUT2D eigenvalue weighted by molar-refractivity contribution is 0.0297. The Balaban J connectivity index is 1.33. The fourth-order valence-electron chi connectivity index (χ4n) is 6.85. The van der Waals surface area contributed by atoms with Crippen LogP contribution in [0.3, 0.4) is 0 Å². The first-order valence-corrected chi connectivity index (χ1v) is 32.5. The summed E-state index contributed by atoms with van der Waals surface area (Å²) >= 11 is 2.98. The minimum Gasteiger partial charge on any atom is -0.491 e. The second kappa shape index (κ2) is 24.7. The van der Waals surface area contributed by atoms with E-state index in [4.69, 9.17) is 38.4 Å². The number of fused-ring (bicyclic) bond motifs is 1. The number of unbranched alkanes of at least 4 members (excludes halogenated alkanes) is 1. The standard InChI is InChI=1S/C51H76FN7O7S2Si2/c1-36-33-43(55-56-45(36)54-48-59(35-63-31-32-69(10,11)12)39-22-15-16-23-41(39)67-48)58(28-17-18-30-65-70(13,14)51(5,6)7)47-53-44(46(60)62-9)42(68-47)24-20-29-64-40-26-25-37(34-38(40)52)21-19-27-57(8)49(61)66-50(2,3)4/h15-16,22-23,25-26,33-34H,17-21,24,27-32,35H2,1-14H3/b54-48-. The van der Waals surface area contributed by atoms with E-state index < -0.39 is 33.8 Å². The van der Waals surface area contributed by atoms with E-state index in [1.165, 1.54) is 29.4 Å². The molecule has 3 heterocycles. The number of methoxy groups -OCH3 is 1. The molecule has 384 valence electrons. The van der Waals surface area contributed by atoms with Crippen LogP contribution in [0.2, 0.25) is 43.8 Å². The SMILES string of the molecule is COC(=O)c1nc(N(CCCCO[Si](C)(C)C(C)(C)C)c2cc(C)c(/N=c3\sc4ccccc4n3COCC[Si](C)(C)C)nn2)sc1CCCOc1ccc(CCCN(C)C(=O)OC(C)(C)C)cc1F. The molecule has 3 aromatic heterocycles. The summed E-state index contributed by atoms with van der Waals surface area (Å²) in [6, 6.07) is 16.2. The largest absolute Gasteiger partial charge is 0.491 e. The highest BCUT2D eigenvalue weighted by atomic mass is 32.1. The van der Waals surface area contributed by atoms with Gasteiger partial charge in [0.1, 0.15) is 12.3 Å². The molecule has 5 aromatic rings. The Labute approximate surface area is 424 Å². The van der Waals surface area contributed by atoms with Gasteiger partial charge in [-0.3, -0.25) is 4.57 Å². The lowest BCUT2D eigenvalue weighted by atomic mass is 10.1. The Morgan fingerprint density at radius 1 is 0.871 bits per heavy atom. The van der Waals surface area contributed by atoms with Crippen LogP contribution < -0.4 is 14.4 Å². The predicted molar refractivity (Wildman–Crippen MR) is 286 cm³/mol. The van der Waals surface area contributed by atoms with Gasteiger partial charge >= 0.3 is 12.1 Å². The molecule has 1 amide bonds. The number of nitrogens with zero attached hydrogens (tertiary/aromatic N) is 7. The summed E-state index contributed by atoms with van der Waals surface area (Å²) in [5.74, 6) is 0.220. The van der Waals surface area contributed by atoms with Crippen molar-refractivity contribution < 1.29 is 37.4 Å². The number of ether oxygens (including phenoxy) is 4. The number of para-hydroxylation sites is 1. The monoisotopic (exact) mass is 1040 g/mol. The van der Waals surface area contributed by atoms with Crippen LogP contribution in [0.15, 0.2) is 53.5 Å². The molecule has 0 unspecified atom stereocenters. The summed E-state index contributed by atoms with van der Waals surface area (Å²) in [6.07, 6.45) is 3.36. The minimum atomic E-state index is -1.93. The number of aryl methyl sites for hydroxylation is 3. The molecule has 0 bridgehead atoms. The van der Waals surface area contributed by atoms with Gasteiger partial charge in [-0.1, -0.05) is 69.9 Å². The lowest BCUT2D eigenvalue weighted by Crippen LogP contribution is -2.41. The normalized spacial score (nSPS) is 12.7. The molecule has 0 aliphatic heterocycles. The van der Waals surface area contributed by atoms with Gasteiger partial charge in [0.15, 0.2) is 47.1 Å². The van der Waals surface area contributed by atoms with Gasteiger partial charge in [0.2, 0.25) is 0 Å². The molecule has 0 atom stereocenters. The third-order valence-corrected chi connectivity index (χ3v) is 20.5. The van der Waals surface area contributed by atoms with Gasteiger partial charge < -0.3 is 33.2 Å². The number of carbonyl (C=O) groups excluding carboxylic acids is 2. The fourth-order valence-corrected chi connectivity index (χ4v) is 10.8. The first-order chi connectivity index (χ1) is 32.9. The van der Waals surface area contributed by atoms with Crippen molar-refractivity contribution in [1.82, 2.24) is 24.6 Å². The number of hydrogen-bond donors (Lipinski definition) is 0.